The molecule has 0 spiro atoms. The van der Waals surface area contributed by atoms with Crippen molar-refractivity contribution in [2.24, 2.45) is 0 Å². The monoisotopic (exact) mass is 199 g/mol. The zero-order valence-electron chi connectivity index (χ0n) is 7.60. The Kier molecular flexibility index (Phi) is 1.81. The summed E-state index contributed by atoms with van der Waals surface area (Å²) in [6, 6.07) is 10.5. The first-order valence-corrected chi connectivity index (χ1v) is 5.61. The molecule has 0 aliphatic carbocycles. The Balaban J connectivity index is 2.34. The lowest BCUT2D eigenvalue weighted by Gasteiger charge is -2.09. The second-order valence-corrected chi connectivity index (χ2v) is 4.34. The van der Waals surface area contributed by atoms with Crippen LogP contribution in [0.4, 0.5) is 0 Å². The van der Waals surface area contributed by atoms with E-state index in [9.17, 15) is 0 Å². The molecule has 0 bridgehead atoms. The van der Waals surface area contributed by atoms with Crippen LogP contribution in [0.3, 0.4) is 0 Å². The molecular formula is C12H9NS. The van der Waals surface area contributed by atoms with Crippen LogP contribution in [0.25, 0.3) is 17.0 Å². The van der Waals surface area contributed by atoms with Crippen molar-refractivity contribution >= 4 is 28.7 Å². The van der Waals surface area contributed by atoms with Crippen LogP contribution in [0.15, 0.2) is 41.3 Å². The van der Waals surface area contributed by atoms with Crippen LogP contribution < -0.4 is 0 Å². The van der Waals surface area contributed by atoms with E-state index in [1.54, 1.807) is 0 Å². The zero-order chi connectivity index (χ0) is 9.38. The minimum absolute atomic E-state index is 1.06. The van der Waals surface area contributed by atoms with Gasteiger partial charge in [-0.3, -0.25) is 0 Å². The van der Waals surface area contributed by atoms with E-state index in [1.807, 2.05) is 17.8 Å². The maximum absolute atomic E-state index is 4.61. The number of para-hydroxylation sites is 1. The number of nitrogens with zero attached hydrogens (tertiary/aromatic N) is 1. The normalized spacial score (nSPS) is 14.3. The standard InChI is InChI=1S/C12H9NS/c1-2-5-10-9(4-1)8-12-11(13-10)6-3-7-14-12/h1-6,8H,7H2. The molecule has 2 heteroatoms. The largest absolute Gasteiger partial charge is 0.247 e. The Hall–Kier alpha value is -1.28. The van der Waals surface area contributed by atoms with Gasteiger partial charge in [-0.05, 0) is 18.2 Å². The molecule has 0 saturated carbocycles. The number of hydrogen-bond donors (Lipinski definition) is 0. The van der Waals surface area contributed by atoms with Crippen molar-refractivity contribution < 1.29 is 0 Å². The van der Waals surface area contributed by atoms with E-state index >= 15 is 0 Å². The van der Waals surface area contributed by atoms with E-state index in [4.69, 9.17) is 0 Å². The van der Waals surface area contributed by atoms with E-state index < -0.39 is 0 Å². The van der Waals surface area contributed by atoms with Gasteiger partial charge in [0.25, 0.3) is 0 Å². The van der Waals surface area contributed by atoms with Gasteiger partial charge in [0.2, 0.25) is 0 Å². The van der Waals surface area contributed by atoms with Gasteiger partial charge in [-0.25, -0.2) is 4.98 Å². The van der Waals surface area contributed by atoms with E-state index in [1.165, 1.54) is 10.3 Å². The van der Waals surface area contributed by atoms with Gasteiger partial charge in [0.05, 0.1) is 11.2 Å². The third kappa shape index (κ3) is 1.23. The van der Waals surface area contributed by atoms with E-state index in [2.05, 4.69) is 41.4 Å². The maximum Gasteiger partial charge on any atom is 0.0770 e. The fraction of sp³-hybridized carbons (Fsp3) is 0.0833. The second-order valence-electron chi connectivity index (χ2n) is 3.28. The average Bonchev–Trinajstić information content (AvgIpc) is 2.26. The van der Waals surface area contributed by atoms with Crippen LogP contribution in [0.1, 0.15) is 5.69 Å². The number of hydrogen-bond acceptors (Lipinski definition) is 2. The maximum atomic E-state index is 4.61. The molecule has 0 atom stereocenters. The number of fused-ring (bicyclic) bond motifs is 2. The molecule has 0 unspecified atom stereocenters. The van der Waals surface area contributed by atoms with Crippen LogP contribution in [0, 0.1) is 0 Å². The lowest BCUT2D eigenvalue weighted by molar-refractivity contribution is 1.25. The SMILES string of the molecule is C1=Cc2nc3ccccc3cc2SC1. The van der Waals surface area contributed by atoms with Crippen LogP contribution in [-0.2, 0) is 0 Å². The highest BCUT2D eigenvalue weighted by molar-refractivity contribution is 7.99. The molecular weight excluding hydrogens is 190 g/mol. The number of pyridine rings is 1. The first kappa shape index (κ1) is 8.06. The molecule has 1 aliphatic heterocycles. The summed E-state index contributed by atoms with van der Waals surface area (Å²) < 4.78 is 0. The molecule has 0 radical (unpaired) electrons. The van der Waals surface area contributed by atoms with E-state index in [-0.39, 0.29) is 0 Å². The Morgan fingerprint density at radius 3 is 3.14 bits per heavy atom. The smallest absolute Gasteiger partial charge is 0.0770 e. The highest BCUT2D eigenvalue weighted by Crippen LogP contribution is 2.29. The molecule has 2 heterocycles. The fourth-order valence-corrected chi connectivity index (χ4v) is 2.49. The molecule has 68 valence electrons. The summed E-state index contributed by atoms with van der Waals surface area (Å²) in [5.41, 5.74) is 2.19. The molecule has 0 fully saturated rings. The number of aromatic nitrogens is 1. The Bertz CT molecular complexity index is 517. The molecule has 0 amide bonds. The van der Waals surface area contributed by atoms with Crippen molar-refractivity contribution in [2.45, 2.75) is 4.90 Å². The molecule has 2 aromatic rings. The molecule has 14 heavy (non-hydrogen) atoms. The first-order valence-electron chi connectivity index (χ1n) is 4.62. The second kappa shape index (κ2) is 3.14. The topological polar surface area (TPSA) is 12.9 Å². The number of thioether (sulfide) groups is 1. The van der Waals surface area contributed by atoms with Gasteiger partial charge >= 0.3 is 0 Å². The third-order valence-electron chi connectivity index (χ3n) is 2.33. The highest BCUT2D eigenvalue weighted by Gasteiger charge is 2.07. The number of rotatable bonds is 0. The third-order valence-corrected chi connectivity index (χ3v) is 3.32. The molecule has 1 aromatic carbocycles. The van der Waals surface area contributed by atoms with Gasteiger partial charge in [0.1, 0.15) is 0 Å². The fourth-order valence-electron chi connectivity index (χ4n) is 1.64. The minimum Gasteiger partial charge on any atom is -0.247 e. The van der Waals surface area contributed by atoms with Gasteiger partial charge in [0.15, 0.2) is 0 Å². The van der Waals surface area contributed by atoms with Crippen LogP contribution >= 0.6 is 11.8 Å². The van der Waals surface area contributed by atoms with Crippen molar-refractivity contribution in [3.8, 4) is 0 Å². The molecule has 0 saturated heterocycles. The van der Waals surface area contributed by atoms with Crippen molar-refractivity contribution in [3.05, 3.63) is 42.1 Å². The summed E-state index contributed by atoms with van der Waals surface area (Å²) in [7, 11) is 0. The molecule has 1 nitrogen and oxygen atoms in total. The predicted octanol–water partition coefficient (Wildman–Crippen LogP) is 3.35. The zero-order valence-corrected chi connectivity index (χ0v) is 8.42. The van der Waals surface area contributed by atoms with Crippen molar-refractivity contribution in [3.63, 3.8) is 0 Å². The van der Waals surface area contributed by atoms with Gasteiger partial charge in [-0.2, -0.15) is 0 Å². The average molecular weight is 199 g/mol. The summed E-state index contributed by atoms with van der Waals surface area (Å²) in [6.45, 7) is 0. The van der Waals surface area contributed by atoms with Crippen molar-refractivity contribution in [1.82, 2.24) is 4.98 Å². The van der Waals surface area contributed by atoms with Gasteiger partial charge in [-0.15, -0.1) is 11.8 Å². The van der Waals surface area contributed by atoms with Crippen LogP contribution in [-0.4, -0.2) is 10.7 Å². The summed E-state index contributed by atoms with van der Waals surface area (Å²) in [5, 5.41) is 1.23. The summed E-state index contributed by atoms with van der Waals surface area (Å²) in [6.07, 6.45) is 4.27. The van der Waals surface area contributed by atoms with Gasteiger partial charge in [0, 0.05) is 16.0 Å². The first-order chi connectivity index (χ1) is 6.93. The molecule has 1 aliphatic rings. The lowest BCUT2D eigenvalue weighted by Crippen LogP contribution is -1.92. The molecule has 0 N–H and O–H groups in total. The van der Waals surface area contributed by atoms with Crippen molar-refractivity contribution in [1.29, 1.82) is 0 Å². The Morgan fingerprint density at radius 2 is 2.14 bits per heavy atom. The lowest BCUT2D eigenvalue weighted by atomic mass is 10.2. The van der Waals surface area contributed by atoms with Crippen LogP contribution in [0.5, 0.6) is 0 Å². The van der Waals surface area contributed by atoms with Crippen LogP contribution in [0.2, 0.25) is 0 Å². The Morgan fingerprint density at radius 1 is 1.21 bits per heavy atom. The minimum atomic E-state index is 1.06. The van der Waals surface area contributed by atoms with Crippen molar-refractivity contribution in [2.75, 3.05) is 5.75 Å². The summed E-state index contributed by atoms with van der Waals surface area (Å²) in [5.74, 6) is 1.06. The molecule has 1 aromatic heterocycles. The Labute approximate surface area is 86.9 Å². The quantitative estimate of drug-likeness (QED) is 0.645. The van der Waals surface area contributed by atoms with E-state index in [0.29, 0.717) is 0 Å². The van der Waals surface area contributed by atoms with E-state index in [0.717, 1.165) is 17.0 Å². The summed E-state index contributed by atoms with van der Waals surface area (Å²) in [4.78, 5) is 5.91. The molecule has 3 rings (SSSR count). The predicted molar refractivity (Wildman–Crippen MR) is 61.5 cm³/mol. The highest BCUT2D eigenvalue weighted by atomic mass is 32.2. The van der Waals surface area contributed by atoms with Gasteiger partial charge in [-0.1, -0.05) is 24.3 Å². The van der Waals surface area contributed by atoms with Gasteiger partial charge < -0.3 is 0 Å². The summed E-state index contributed by atoms with van der Waals surface area (Å²) >= 11 is 1.85. The number of benzene rings is 1.